The first-order valence-corrected chi connectivity index (χ1v) is 11.9. The zero-order valence-electron chi connectivity index (χ0n) is 20.3. The molecule has 182 valence electrons. The van der Waals surface area contributed by atoms with Gasteiger partial charge in [-0.2, -0.15) is 0 Å². The molecule has 1 N–H and O–H groups in total. The van der Waals surface area contributed by atoms with E-state index in [2.05, 4.69) is 0 Å². The van der Waals surface area contributed by atoms with E-state index in [0.29, 0.717) is 5.92 Å². The number of benzene rings is 2. The van der Waals surface area contributed by atoms with Crippen molar-refractivity contribution >= 4 is 28.7 Å². The van der Waals surface area contributed by atoms with Crippen LogP contribution in [0.3, 0.4) is 0 Å². The van der Waals surface area contributed by atoms with Crippen LogP contribution in [0.5, 0.6) is 0 Å². The van der Waals surface area contributed by atoms with E-state index in [4.69, 9.17) is 9.72 Å². The average molecular weight is 476 g/mol. The molecular formula is C29H30FNO4. The van der Waals surface area contributed by atoms with E-state index in [-0.39, 0.29) is 24.4 Å². The third kappa shape index (κ3) is 6.40. The SMILES string of the molecule is CC(C)(C)OC(=O)C[C@H](O)CC(=O)/C=C/c1c(C2CC2)nc2ccccc2c1-c1ccc(F)cc1. The van der Waals surface area contributed by atoms with Gasteiger partial charge in [-0.3, -0.25) is 14.6 Å². The number of aliphatic hydroxyl groups is 1. The van der Waals surface area contributed by atoms with Gasteiger partial charge in [-0.05, 0) is 69.5 Å². The summed E-state index contributed by atoms with van der Waals surface area (Å²) >= 11 is 0. The smallest absolute Gasteiger partial charge is 0.308 e. The highest BCUT2D eigenvalue weighted by molar-refractivity contribution is 6.02. The summed E-state index contributed by atoms with van der Waals surface area (Å²) in [6.45, 7) is 5.25. The second-order valence-corrected chi connectivity index (χ2v) is 10.0. The summed E-state index contributed by atoms with van der Waals surface area (Å²) in [6, 6.07) is 14.1. The molecule has 0 radical (unpaired) electrons. The number of halogens is 1. The Morgan fingerprint density at radius 1 is 1.11 bits per heavy atom. The third-order valence-corrected chi connectivity index (χ3v) is 5.75. The van der Waals surface area contributed by atoms with E-state index in [1.807, 2.05) is 24.3 Å². The Kier molecular flexibility index (Phi) is 7.13. The summed E-state index contributed by atoms with van der Waals surface area (Å²) in [6.07, 6.45) is 3.66. The summed E-state index contributed by atoms with van der Waals surface area (Å²) in [5.41, 5.74) is 3.68. The second kappa shape index (κ2) is 10.1. The Bertz CT molecular complexity index is 1270. The first kappa shape index (κ1) is 24.7. The van der Waals surface area contributed by atoms with E-state index in [0.717, 1.165) is 46.1 Å². The number of rotatable bonds is 8. The number of ketones is 1. The highest BCUT2D eigenvalue weighted by Crippen LogP contribution is 2.45. The molecule has 6 heteroatoms. The molecule has 0 unspecified atom stereocenters. The summed E-state index contributed by atoms with van der Waals surface area (Å²) < 4.78 is 18.9. The minimum atomic E-state index is -1.13. The van der Waals surface area contributed by atoms with Crippen molar-refractivity contribution in [1.82, 2.24) is 4.98 Å². The number of hydrogen-bond donors (Lipinski definition) is 1. The molecule has 35 heavy (non-hydrogen) atoms. The van der Waals surface area contributed by atoms with E-state index < -0.39 is 17.7 Å². The molecule has 0 bridgehead atoms. The number of aliphatic hydroxyl groups excluding tert-OH is 1. The zero-order valence-corrected chi connectivity index (χ0v) is 20.3. The van der Waals surface area contributed by atoms with E-state index >= 15 is 0 Å². The number of carbonyl (C=O) groups is 2. The maximum Gasteiger partial charge on any atom is 0.308 e. The topological polar surface area (TPSA) is 76.5 Å². The van der Waals surface area contributed by atoms with Gasteiger partial charge in [0, 0.05) is 28.9 Å². The lowest BCUT2D eigenvalue weighted by Crippen LogP contribution is -2.27. The quantitative estimate of drug-likeness (QED) is 0.320. The fraction of sp³-hybridized carbons (Fsp3) is 0.345. The summed E-state index contributed by atoms with van der Waals surface area (Å²) in [5, 5.41) is 11.2. The number of para-hydroxylation sites is 1. The summed E-state index contributed by atoms with van der Waals surface area (Å²) in [7, 11) is 0. The van der Waals surface area contributed by atoms with Crippen LogP contribution in [0.1, 0.15) is 63.6 Å². The molecule has 0 amide bonds. The molecule has 2 aromatic carbocycles. The molecule has 1 atom stereocenters. The van der Waals surface area contributed by atoms with Gasteiger partial charge < -0.3 is 9.84 Å². The number of ether oxygens (including phenoxy) is 1. The van der Waals surface area contributed by atoms with Crippen LogP contribution >= 0.6 is 0 Å². The van der Waals surface area contributed by atoms with Gasteiger partial charge in [0.2, 0.25) is 0 Å². The molecule has 1 heterocycles. The summed E-state index contributed by atoms with van der Waals surface area (Å²) in [5.74, 6) is -0.858. The fourth-order valence-electron chi connectivity index (χ4n) is 4.13. The number of aromatic nitrogens is 1. The van der Waals surface area contributed by atoms with E-state index in [1.165, 1.54) is 18.2 Å². The maximum atomic E-state index is 13.7. The molecule has 4 rings (SSSR count). The second-order valence-electron chi connectivity index (χ2n) is 10.0. The minimum Gasteiger partial charge on any atom is -0.460 e. The first-order chi connectivity index (χ1) is 16.6. The van der Waals surface area contributed by atoms with Gasteiger partial charge >= 0.3 is 5.97 Å². The molecule has 3 aromatic rings. The Balaban J connectivity index is 1.65. The third-order valence-electron chi connectivity index (χ3n) is 5.75. The molecular weight excluding hydrogens is 445 g/mol. The summed E-state index contributed by atoms with van der Waals surface area (Å²) in [4.78, 5) is 29.5. The van der Waals surface area contributed by atoms with Crippen molar-refractivity contribution in [1.29, 1.82) is 0 Å². The Labute approximate surface area is 204 Å². The van der Waals surface area contributed by atoms with Crippen molar-refractivity contribution in [3.63, 3.8) is 0 Å². The van der Waals surface area contributed by atoms with Crippen molar-refractivity contribution in [3.8, 4) is 11.1 Å². The molecule has 0 spiro atoms. The molecule has 0 saturated heterocycles. The van der Waals surface area contributed by atoms with Crippen LogP contribution in [-0.4, -0.2) is 33.5 Å². The lowest BCUT2D eigenvalue weighted by atomic mass is 9.92. The fourth-order valence-corrected chi connectivity index (χ4v) is 4.13. The van der Waals surface area contributed by atoms with Crippen molar-refractivity contribution in [2.24, 2.45) is 0 Å². The average Bonchev–Trinajstić information content (AvgIpc) is 3.61. The van der Waals surface area contributed by atoms with Crippen LogP contribution < -0.4 is 0 Å². The number of nitrogens with zero attached hydrogens (tertiary/aromatic N) is 1. The van der Waals surface area contributed by atoms with Crippen molar-refractivity contribution < 1.29 is 23.8 Å². The predicted octanol–water partition coefficient (Wildman–Crippen LogP) is 5.98. The number of fused-ring (bicyclic) bond motifs is 1. The highest BCUT2D eigenvalue weighted by atomic mass is 19.1. The number of allylic oxidation sites excluding steroid dienone is 1. The van der Waals surface area contributed by atoms with Crippen molar-refractivity contribution in [3.05, 3.63) is 71.7 Å². The Morgan fingerprint density at radius 3 is 2.46 bits per heavy atom. The van der Waals surface area contributed by atoms with Gasteiger partial charge in [0.1, 0.15) is 11.4 Å². The van der Waals surface area contributed by atoms with Gasteiger partial charge in [0.25, 0.3) is 0 Å². The van der Waals surface area contributed by atoms with Crippen LogP contribution in [0, 0.1) is 5.82 Å². The number of hydrogen-bond acceptors (Lipinski definition) is 5. The molecule has 1 fully saturated rings. The lowest BCUT2D eigenvalue weighted by Gasteiger charge is -2.20. The van der Waals surface area contributed by atoms with Crippen LogP contribution in [0.25, 0.3) is 28.1 Å². The molecule has 1 saturated carbocycles. The van der Waals surface area contributed by atoms with E-state index in [1.54, 1.807) is 39.0 Å². The van der Waals surface area contributed by atoms with Crippen LogP contribution in [-0.2, 0) is 14.3 Å². The highest BCUT2D eigenvalue weighted by Gasteiger charge is 2.29. The predicted molar refractivity (Wildman–Crippen MR) is 134 cm³/mol. The standard InChI is InChI=1S/C29H30FNO4/c1-29(2,3)35-26(34)17-22(33)16-21(32)14-15-24-27(18-10-12-20(30)13-11-18)23-6-4-5-7-25(23)31-28(24)19-8-9-19/h4-7,10-15,19,22,33H,8-9,16-17H2,1-3H3/b15-14+/t22-/m1/s1. The van der Waals surface area contributed by atoms with Gasteiger partial charge in [0.05, 0.1) is 23.7 Å². The van der Waals surface area contributed by atoms with Gasteiger partial charge in [-0.1, -0.05) is 30.3 Å². The Hall–Kier alpha value is -3.38. The molecule has 5 nitrogen and oxygen atoms in total. The Morgan fingerprint density at radius 2 is 1.80 bits per heavy atom. The zero-order chi connectivity index (χ0) is 25.2. The first-order valence-electron chi connectivity index (χ1n) is 11.9. The lowest BCUT2D eigenvalue weighted by molar-refractivity contribution is -0.157. The molecule has 1 aliphatic carbocycles. The normalized spacial score (nSPS) is 14.9. The van der Waals surface area contributed by atoms with Crippen LogP contribution in [0.4, 0.5) is 4.39 Å². The van der Waals surface area contributed by atoms with Gasteiger partial charge in [0.15, 0.2) is 5.78 Å². The molecule has 1 aliphatic rings. The molecule has 0 aliphatic heterocycles. The molecule has 1 aromatic heterocycles. The van der Waals surface area contributed by atoms with Gasteiger partial charge in [-0.25, -0.2) is 4.39 Å². The van der Waals surface area contributed by atoms with Crippen LogP contribution in [0.15, 0.2) is 54.6 Å². The van der Waals surface area contributed by atoms with Gasteiger partial charge in [-0.15, -0.1) is 0 Å². The monoisotopic (exact) mass is 475 g/mol. The van der Waals surface area contributed by atoms with Crippen molar-refractivity contribution in [2.45, 2.75) is 64.1 Å². The number of esters is 1. The number of carbonyl (C=O) groups excluding carboxylic acids is 2. The number of pyridine rings is 1. The van der Waals surface area contributed by atoms with Crippen molar-refractivity contribution in [2.75, 3.05) is 0 Å². The van der Waals surface area contributed by atoms with Crippen LogP contribution in [0.2, 0.25) is 0 Å². The minimum absolute atomic E-state index is 0.193. The van der Waals surface area contributed by atoms with E-state index in [9.17, 15) is 19.1 Å². The maximum absolute atomic E-state index is 13.7. The largest absolute Gasteiger partial charge is 0.460 e.